The predicted molar refractivity (Wildman–Crippen MR) is 31.7 cm³/mol. The van der Waals surface area contributed by atoms with Gasteiger partial charge in [0.05, 0.1) is 0 Å². The summed E-state index contributed by atoms with van der Waals surface area (Å²) in [6, 6.07) is 0. The first-order chi connectivity index (χ1) is 2.27. The van der Waals surface area contributed by atoms with Gasteiger partial charge in [0.25, 0.3) is 0 Å². The van der Waals surface area contributed by atoms with Gasteiger partial charge in [-0.15, -0.1) is 0 Å². The Balaban J connectivity index is 2.83. The topological polar surface area (TPSA) is 29.4 Å². The molecule has 0 radical (unpaired) electrons. The summed E-state index contributed by atoms with van der Waals surface area (Å²) in [6.07, 6.45) is 0. The van der Waals surface area contributed by atoms with E-state index >= 15 is 0 Å². The monoisotopic (exact) mass is 187 g/mol. The molecule has 0 atom stereocenters. The third kappa shape index (κ3) is 4.33. The van der Waals surface area contributed by atoms with Gasteiger partial charge in [0, 0.05) is 0 Å². The van der Waals surface area contributed by atoms with E-state index in [-0.39, 0.29) is 0 Å². The van der Waals surface area contributed by atoms with E-state index in [2.05, 4.69) is 3.39 Å². The SMILES string of the molecule is CI(C)N=O. The molecule has 0 heterocycles. The molecule has 0 aliphatic rings. The summed E-state index contributed by atoms with van der Waals surface area (Å²) < 4.78 is 2.80. The fourth-order valence-electron chi connectivity index (χ4n) is 0. The van der Waals surface area contributed by atoms with E-state index in [9.17, 15) is 4.91 Å². The third-order valence-electron chi connectivity index (χ3n) is 0.138. The summed E-state index contributed by atoms with van der Waals surface area (Å²) in [4.78, 5) is 13.1. The van der Waals surface area contributed by atoms with Gasteiger partial charge in [-0.1, -0.05) is 0 Å². The van der Waals surface area contributed by atoms with Crippen molar-refractivity contribution in [3.63, 3.8) is 0 Å². The molecule has 0 spiro atoms. The minimum atomic E-state index is -1.21. The zero-order valence-electron chi connectivity index (χ0n) is 3.23. The number of hydrogen-bond acceptors (Lipinski definition) is 2. The molecule has 0 N–H and O–H groups in total. The molecule has 0 aromatic carbocycles. The molecule has 0 bridgehead atoms. The summed E-state index contributed by atoms with van der Waals surface area (Å²) in [6.45, 7) is 0. The molecular formula is C2H6INO. The molecule has 0 rings (SSSR count). The predicted octanol–water partition coefficient (Wildman–Crippen LogP) is 1.43. The second-order valence-corrected chi connectivity index (χ2v) is 5.27. The van der Waals surface area contributed by atoms with Gasteiger partial charge in [0.15, 0.2) is 0 Å². The van der Waals surface area contributed by atoms with Crippen LogP contribution < -0.4 is 0 Å². The number of nitroso groups, excluding NO2 is 1. The average Bonchev–Trinajstić information content (AvgIpc) is 1.38. The Morgan fingerprint density at radius 3 is 1.80 bits per heavy atom. The third-order valence-corrected chi connectivity index (χ3v) is 0.926. The molecule has 0 amide bonds. The van der Waals surface area contributed by atoms with E-state index in [1.54, 1.807) is 0 Å². The van der Waals surface area contributed by atoms with Gasteiger partial charge in [-0.25, -0.2) is 0 Å². The van der Waals surface area contributed by atoms with Gasteiger partial charge in [-0.05, 0) is 0 Å². The molecule has 0 saturated heterocycles. The van der Waals surface area contributed by atoms with Gasteiger partial charge in [0.2, 0.25) is 0 Å². The second-order valence-electron chi connectivity index (χ2n) is 0.785. The van der Waals surface area contributed by atoms with Crippen molar-refractivity contribution in [3.8, 4) is 0 Å². The van der Waals surface area contributed by atoms with Crippen molar-refractivity contribution in [2.75, 3.05) is 9.86 Å². The minimum absolute atomic E-state index is 1.21. The van der Waals surface area contributed by atoms with E-state index in [0.29, 0.717) is 0 Å². The summed E-state index contributed by atoms with van der Waals surface area (Å²) in [7, 11) is 0. The first kappa shape index (κ1) is 5.33. The molecule has 5 heavy (non-hydrogen) atoms. The quantitative estimate of drug-likeness (QED) is 0.347. The molecule has 0 aromatic heterocycles. The summed E-state index contributed by atoms with van der Waals surface area (Å²) in [5.41, 5.74) is 0. The number of alkyl halides is 2. The van der Waals surface area contributed by atoms with Gasteiger partial charge < -0.3 is 0 Å². The molecule has 2 nitrogen and oxygen atoms in total. The van der Waals surface area contributed by atoms with Crippen molar-refractivity contribution in [2.45, 2.75) is 0 Å². The van der Waals surface area contributed by atoms with Crippen molar-refractivity contribution < 1.29 is 0 Å². The van der Waals surface area contributed by atoms with Crippen LogP contribution in [0.5, 0.6) is 0 Å². The normalized spacial score (nSPS) is 10.4. The molecule has 0 aromatic rings. The fraction of sp³-hybridized carbons (Fsp3) is 1.00. The van der Waals surface area contributed by atoms with E-state index in [1.807, 2.05) is 9.86 Å². The van der Waals surface area contributed by atoms with Crippen molar-refractivity contribution >= 4 is 20.1 Å². The van der Waals surface area contributed by atoms with Gasteiger partial charge in [0.1, 0.15) is 0 Å². The second kappa shape index (κ2) is 2.56. The van der Waals surface area contributed by atoms with Crippen LogP contribution in [0.4, 0.5) is 0 Å². The Hall–Kier alpha value is 0.330. The molecule has 0 fully saturated rings. The Kier molecular flexibility index (Phi) is 2.73. The zero-order chi connectivity index (χ0) is 4.28. The Morgan fingerprint density at radius 1 is 1.60 bits per heavy atom. The van der Waals surface area contributed by atoms with Crippen LogP contribution in [-0.2, 0) is 0 Å². The van der Waals surface area contributed by atoms with E-state index in [1.165, 1.54) is 0 Å². The van der Waals surface area contributed by atoms with Crippen LogP contribution in [0.25, 0.3) is 0 Å². The van der Waals surface area contributed by atoms with Crippen LogP contribution in [0.1, 0.15) is 0 Å². The van der Waals surface area contributed by atoms with Crippen LogP contribution in [0, 0.1) is 4.91 Å². The van der Waals surface area contributed by atoms with Crippen molar-refractivity contribution in [3.05, 3.63) is 4.91 Å². The van der Waals surface area contributed by atoms with E-state index < -0.39 is 20.1 Å². The first-order valence-corrected chi connectivity index (χ1v) is 6.39. The van der Waals surface area contributed by atoms with Crippen LogP contribution >= 0.6 is 20.1 Å². The number of nitrogens with zero attached hydrogens (tertiary/aromatic N) is 1. The molecule has 0 aliphatic heterocycles. The number of rotatable bonds is 1. The fourth-order valence-corrected chi connectivity index (χ4v) is 0. The van der Waals surface area contributed by atoms with Gasteiger partial charge >= 0.3 is 38.3 Å². The van der Waals surface area contributed by atoms with Crippen molar-refractivity contribution in [2.24, 2.45) is 3.39 Å². The summed E-state index contributed by atoms with van der Waals surface area (Å²) in [5.74, 6) is 0. The Bertz CT molecular complexity index is 36.6. The van der Waals surface area contributed by atoms with Crippen LogP contribution in [0.3, 0.4) is 0 Å². The molecular weight excluding hydrogens is 181 g/mol. The summed E-state index contributed by atoms with van der Waals surface area (Å²) in [5, 5.41) is 0. The van der Waals surface area contributed by atoms with Crippen LogP contribution in [-0.4, -0.2) is 9.86 Å². The first-order valence-electron chi connectivity index (χ1n) is 1.11. The van der Waals surface area contributed by atoms with Crippen molar-refractivity contribution in [1.82, 2.24) is 0 Å². The van der Waals surface area contributed by atoms with Crippen molar-refractivity contribution in [1.29, 1.82) is 0 Å². The zero-order valence-corrected chi connectivity index (χ0v) is 5.39. The molecule has 0 aliphatic carbocycles. The Labute approximate surface area is 38.7 Å². The molecule has 32 valence electrons. The number of hydrogen-bond donors (Lipinski definition) is 0. The Morgan fingerprint density at radius 2 is 1.80 bits per heavy atom. The maximum atomic E-state index is 9.32. The van der Waals surface area contributed by atoms with Crippen LogP contribution in [0.2, 0.25) is 0 Å². The van der Waals surface area contributed by atoms with Gasteiger partial charge in [-0.3, -0.25) is 0 Å². The molecule has 0 unspecified atom stereocenters. The molecule has 0 saturated carbocycles. The van der Waals surface area contributed by atoms with Gasteiger partial charge in [-0.2, -0.15) is 0 Å². The molecule has 3 heteroatoms. The summed E-state index contributed by atoms with van der Waals surface area (Å²) >= 11 is -1.21. The number of halogens is 1. The van der Waals surface area contributed by atoms with E-state index in [0.717, 1.165) is 0 Å². The van der Waals surface area contributed by atoms with E-state index in [4.69, 9.17) is 0 Å². The average molecular weight is 187 g/mol. The maximum absolute atomic E-state index is 9.32. The van der Waals surface area contributed by atoms with Crippen LogP contribution in [0.15, 0.2) is 3.39 Å². The standard InChI is InChI=1S/C2H6INO/c1-3(2)4-5/h1-2H3.